The van der Waals surface area contributed by atoms with Crippen molar-refractivity contribution in [2.45, 2.75) is 51.2 Å². The lowest BCUT2D eigenvalue weighted by molar-refractivity contribution is -0.120. The molecule has 3 N–H and O–H groups in total. The summed E-state index contributed by atoms with van der Waals surface area (Å²) in [6, 6.07) is 0. The molecule has 0 bridgehead atoms. The van der Waals surface area contributed by atoms with Crippen molar-refractivity contribution in [3.63, 3.8) is 0 Å². The Morgan fingerprint density at radius 3 is 2.56 bits per heavy atom. The van der Waals surface area contributed by atoms with Crippen molar-refractivity contribution in [1.29, 1.82) is 0 Å². The van der Waals surface area contributed by atoms with Crippen LogP contribution in [0.2, 0.25) is 0 Å². The molecule has 2 unspecified atom stereocenters. The molecule has 0 saturated heterocycles. The van der Waals surface area contributed by atoms with E-state index in [2.05, 4.69) is 6.92 Å². The van der Waals surface area contributed by atoms with Crippen molar-refractivity contribution >= 4 is 5.78 Å². The first kappa shape index (κ1) is 13.4. The Balaban J connectivity index is 2.80. The highest BCUT2D eigenvalue weighted by atomic mass is 16.3. The van der Waals surface area contributed by atoms with Gasteiger partial charge in [-0.05, 0) is 24.0 Å². The number of hydrogen-bond donors (Lipinski definition) is 3. The van der Waals surface area contributed by atoms with Gasteiger partial charge in [-0.2, -0.15) is 0 Å². The topological polar surface area (TPSA) is 77.8 Å². The summed E-state index contributed by atoms with van der Waals surface area (Å²) in [5, 5.41) is 28.2. The Bertz CT molecular complexity index is 283. The molecule has 0 aromatic heterocycles. The fourth-order valence-electron chi connectivity index (χ4n) is 2.06. The van der Waals surface area contributed by atoms with Crippen molar-refractivity contribution < 1.29 is 20.1 Å². The first-order chi connectivity index (χ1) is 7.61. The van der Waals surface area contributed by atoms with Gasteiger partial charge in [0.05, 0.1) is 12.7 Å². The summed E-state index contributed by atoms with van der Waals surface area (Å²) in [6.07, 6.45) is 1.36. The van der Waals surface area contributed by atoms with Gasteiger partial charge in [0.2, 0.25) is 0 Å². The molecule has 4 heteroatoms. The van der Waals surface area contributed by atoms with Gasteiger partial charge in [0.1, 0.15) is 6.10 Å². The Morgan fingerprint density at radius 1 is 1.31 bits per heavy atom. The predicted molar refractivity (Wildman–Crippen MR) is 59.9 cm³/mol. The molecule has 0 heterocycles. The van der Waals surface area contributed by atoms with Crippen LogP contribution in [-0.2, 0) is 4.79 Å². The molecule has 4 nitrogen and oxygen atoms in total. The Morgan fingerprint density at radius 2 is 2.00 bits per heavy atom. The van der Waals surface area contributed by atoms with Crippen molar-refractivity contribution in [3.05, 3.63) is 11.1 Å². The largest absolute Gasteiger partial charge is 0.392 e. The fourth-order valence-corrected chi connectivity index (χ4v) is 2.06. The molecule has 0 spiro atoms. The maximum atomic E-state index is 11.7. The van der Waals surface area contributed by atoms with Gasteiger partial charge in [-0.1, -0.05) is 19.8 Å². The van der Waals surface area contributed by atoms with Crippen LogP contribution in [0.3, 0.4) is 0 Å². The lowest BCUT2D eigenvalue weighted by atomic mass is 9.84. The number of unbranched alkanes of at least 4 members (excludes halogenated alkanes) is 2. The molecule has 0 aromatic carbocycles. The van der Waals surface area contributed by atoms with Crippen molar-refractivity contribution in [3.8, 4) is 0 Å². The fraction of sp³-hybridized carbons (Fsp3) is 0.750. The molecular weight excluding hydrogens is 208 g/mol. The molecule has 0 radical (unpaired) electrons. The summed E-state index contributed by atoms with van der Waals surface area (Å²) in [5.74, 6) is -0.141. The summed E-state index contributed by atoms with van der Waals surface area (Å²) >= 11 is 0. The second kappa shape index (κ2) is 6.13. The van der Waals surface area contributed by atoms with Gasteiger partial charge in [-0.15, -0.1) is 0 Å². The minimum atomic E-state index is -1.08. The molecule has 1 aliphatic rings. The van der Waals surface area contributed by atoms with E-state index < -0.39 is 12.2 Å². The van der Waals surface area contributed by atoms with Gasteiger partial charge in [-0.3, -0.25) is 4.79 Å². The second-order valence-corrected chi connectivity index (χ2v) is 4.26. The predicted octanol–water partition coefficient (Wildman–Crippen LogP) is 0.550. The molecule has 0 amide bonds. The summed E-state index contributed by atoms with van der Waals surface area (Å²) in [4.78, 5) is 11.7. The van der Waals surface area contributed by atoms with E-state index >= 15 is 0 Å². The molecule has 92 valence electrons. The number of carbonyl (C=O) groups is 1. The summed E-state index contributed by atoms with van der Waals surface area (Å²) in [5.41, 5.74) is 0.827. The van der Waals surface area contributed by atoms with Crippen LogP contribution in [0.1, 0.15) is 39.0 Å². The summed E-state index contributed by atoms with van der Waals surface area (Å²) < 4.78 is 0. The van der Waals surface area contributed by atoms with Crippen LogP contribution >= 0.6 is 0 Å². The first-order valence-electron chi connectivity index (χ1n) is 5.83. The first-order valence-corrected chi connectivity index (χ1v) is 5.83. The second-order valence-electron chi connectivity index (χ2n) is 4.26. The molecule has 0 fully saturated rings. The monoisotopic (exact) mass is 228 g/mol. The third-order valence-corrected chi connectivity index (χ3v) is 3.04. The van der Waals surface area contributed by atoms with E-state index in [0.717, 1.165) is 19.3 Å². The van der Waals surface area contributed by atoms with E-state index in [0.29, 0.717) is 17.6 Å². The van der Waals surface area contributed by atoms with Crippen LogP contribution in [-0.4, -0.2) is 39.9 Å². The number of Topliss-reactive ketones (excluding diaryl/α,β-unsaturated/α-hetero) is 1. The van der Waals surface area contributed by atoms with Crippen molar-refractivity contribution in [1.82, 2.24) is 0 Å². The normalized spacial score (nSPS) is 26.4. The Hall–Kier alpha value is -0.710. The highest BCUT2D eigenvalue weighted by Gasteiger charge is 2.32. The van der Waals surface area contributed by atoms with Crippen LogP contribution in [0.25, 0.3) is 0 Å². The van der Waals surface area contributed by atoms with Crippen LogP contribution in [0.5, 0.6) is 0 Å². The zero-order chi connectivity index (χ0) is 12.1. The van der Waals surface area contributed by atoms with E-state index in [1.54, 1.807) is 0 Å². The van der Waals surface area contributed by atoms with Crippen LogP contribution in [0.15, 0.2) is 11.1 Å². The average molecular weight is 228 g/mol. The van der Waals surface area contributed by atoms with Gasteiger partial charge in [0, 0.05) is 6.42 Å². The third kappa shape index (κ3) is 2.90. The highest BCUT2D eigenvalue weighted by molar-refractivity contribution is 5.97. The van der Waals surface area contributed by atoms with Crippen molar-refractivity contribution in [2.75, 3.05) is 6.61 Å². The van der Waals surface area contributed by atoms with Crippen LogP contribution in [0.4, 0.5) is 0 Å². The molecule has 2 atom stereocenters. The van der Waals surface area contributed by atoms with E-state index in [4.69, 9.17) is 5.11 Å². The lowest BCUT2D eigenvalue weighted by Gasteiger charge is -2.27. The SMILES string of the molecule is CCCCCC1=C(CO)C(O)C(O)CC1=O. The number of aliphatic hydroxyl groups excluding tert-OH is 3. The average Bonchev–Trinajstić information content (AvgIpc) is 2.26. The molecule has 0 aromatic rings. The van der Waals surface area contributed by atoms with Crippen LogP contribution in [0, 0.1) is 0 Å². The number of rotatable bonds is 5. The number of aliphatic hydroxyl groups is 3. The number of hydrogen-bond acceptors (Lipinski definition) is 4. The summed E-state index contributed by atoms with van der Waals surface area (Å²) in [6.45, 7) is 1.72. The molecule has 1 aliphatic carbocycles. The van der Waals surface area contributed by atoms with Gasteiger partial charge in [0.15, 0.2) is 5.78 Å². The number of carbonyl (C=O) groups excluding carboxylic acids is 1. The van der Waals surface area contributed by atoms with Gasteiger partial charge < -0.3 is 15.3 Å². The summed E-state index contributed by atoms with van der Waals surface area (Å²) in [7, 11) is 0. The molecule has 1 rings (SSSR count). The minimum Gasteiger partial charge on any atom is -0.392 e. The Kier molecular flexibility index (Phi) is 5.12. The van der Waals surface area contributed by atoms with E-state index in [-0.39, 0.29) is 18.8 Å². The van der Waals surface area contributed by atoms with Crippen molar-refractivity contribution in [2.24, 2.45) is 0 Å². The quantitative estimate of drug-likeness (QED) is 0.600. The van der Waals surface area contributed by atoms with Crippen LogP contribution < -0.4 is 0 Å². The third-order valence-electron chi connectivity index (χ3n) is 3.04. The van der Waals surface area contributed by atoms with Gasteiger partial charge in [-0.25, -0.2) is 0 Å². The molecule has 16 heavy (non-hydrogen) atoms. The number of ketones is 1. The smallest absolute Gasteiger partial charge is 0.161 e. The number of allylic oxidation sites excluding steroid dienone is 1. The zero-order valence-corrected chi connectivity index (χ0v) is 9.65. The van der Waals surface area contributed by atoms with Gasteiger partial charge in [0.25, 0.3) is 0 Å². The van der Waals surface area contributed by atoms with E-state index in [9.17, 15) is 15.0 Å². The molecule has 0 saturated carbocycles. The highest BCUT2D eigenvalue weighted by Crippen LogP contribution is 2.26. The maximum absolute atomic E-state index is 11.7. The van der Waals surface area contributed by atoms with E-state index in [1.165, 1.54) is 0 Å². The standard InChI is InChI=1S/C12H20O4/c1-2-3-4-5-8-9(7-13)12(16)11(15)6-10(8)14/h11-13,15-16H,2-7H2,1H3. The molecular formula is C12H20O4. The Labute approximate surface area is 95.6 Å². The zero-order valence-electron chi connectivity index (χ0n) is 9.65. The lowest BCUT2D eigenvalue weighted by Crippen LogP contribution is -2.37. The van der Waals surface area contributed by atoms with E-state index in [1.807, 2.05) is 0 Å². The minimum absolute atomic E-state index is 0.0356. The molecule has 0 aliphatic heterocycles. The maximum Gasteiger partial charge on any atom is 0.161 e. The van der Waals surface area contributed by atoms with Gasteiger partial charge >= 0.3 is 0 Å².